The summed E-state index contributed by atoms with van der Waals surface area (Å²) in [6.07, 6.45) is 4.84. The summed E-state index contributed by atoms with van der Waals surface area (Å²) < 4.78 is 8.18. The Kier molecular flexibility index (Phi) is 6.74. The molecule has 6 rings (SSSR count). The molecule has 0 spiro atoms. The minimum Gasteiger partial charge on any atom is -0.380 e. The van der Waals surface area contributed by atoms with E-state index in [0.717, 1.165) is 86.8 Å². The van der Waals surface area contributed by atoms with Crippen LogP contribution in [0.5, 0.6) is 0 Å². The second-order valence-electron chi connectivity index (χ2n) is 11.4. The first-order chi connectivity index (χ1) is 18.4. The zero-order chi connectivity index (χ0) is 26.3. The number of rotatable bonds is 2. The number of ether oxygens (including phenoxy) is 1. The van der Waals surface area contributed by atoms with E-state index >= 15 is 0 Å². The van der Waals surface area contributed by atoms with Crippen LogP contribution in [-0.4, -0.2) is 77.9 Å². The van der Waals surface area contributed by atoms with Crippen LogP contribution in [0.2, 0.25) is 0 Å². The summed E-state index contributed by atoms with van der Waals surface area (Å²) in [6, 6.07) is 14.4. The summed E-state index contributed by atoms with van der Waals surface area (Å²) in [5.41, 5.74) is 8.03. The number of anilines is 2. The topological polar surface area (TPSA) is 92.2 Å². The molecule has 3 aliphatic rings. The average molecular weight is 518 g/mol. The Morgan fingerprint density at radius 1 is 1.05 bits per heavy atom. The predicted molar refractivity (Wildman–Crippen MR) is 149 cm³/mol. The van der Waals surface area contributed by atoms with Gasteiger partial charge in [-0.25, -0.2) is 4.98 Å². The molecule has 38 heavy (non-hydrogen) atoms. The minimum absolute atomic E-state index is 0.0925. The van der Waals surface area contributed by atoms with Crippen molar-refractivity contribution in [3.05, 3.63) is 53.7 Å². The van der Waals surface area contributed by atoms with Gasteiger partial charge < -0.3 is 25.2 Å². The SMILES string of the molecule is CN1CCCCOCC(C)(c2ccccc2)C(=O)N2CCCCC2c2cc3nc(N4CC(N)C4)cc1n3n2. The van der Waals surface area contributed by atoms with Crippen LogP contribution in [0.15, 0.2) is 42.5 Å². The fourth-order valence-electron chi connectivity index (χ4n) is 6.08. The van der Waals surface area contributed by atoms with Crippen LogP contribution in [0.4, 0.5) is 11.6 Å². The highest BCUT2D eigenvalue weighted by atomic mass is 16.5. The molecule has 0 radical (unpaired) electrons. The van der Waals surface area contributed by atoms with E-state index in [1.807, 2.05) is 41.8 Å². The van der Waals surface area contributed by atoms with Gasteiger partial charge in [-0.1, -0.05) is 30.3 Å². The molecule has 3 aromatic rings. The molecule has 2 atom stereocenters. The molecule has 5 heterocycles. The van der Waals surface area contributed by atoms with Crippen LogP contribution in [0.3, 0.4) is 0 Å². The van der Waals surface area contributed by atoms with Crippen molar-refractivity contribution >= 4 is 23.2 Å². The molecule has 2 unspecified atom stereocenters. The zero-order valence-electron chi connectivity index (χ0n) is 22.6. The van der Waals surface area contributed by atoms with Gasteiger partial charge in [0.15, 0.2) is 5.65 Å². The summed E-state index contributed by atoms with van der Waals surface area (Å²) in [6.45, 7) is 6.25. The fourth-order valence-corrected chi connectivity index (χ4v) is 6.08. The van der Waals surface area contributed by atoms with Crippen LogP contribution < -0.4 is 15.5 Å². The van der Waals surface area contributed by atoms with E-state index in [2.05, 4.69) is 33.9 Å². The zero-order valence-corrected chi connectivity index (χ0v) is 22.6. The third-order valence-electron chi connectivity index (χ3n) is 8.45. The molecule has 0 saturated carbocycles. The number of fused-ring (bicyclic) bond motifs is 3. The van der Waals surface area contributed by atoms with Crippen molar-refractivity contribution in [2.45, 2.75) is 56.5 Å². The lowest BCUT2D eigenvalue weighted by atomic mass is 9.80. The number of carbonyl (C=O) groups is 1. The number of hydrogen-bond acceptors (Lipinski definition) is 7. The highest BCUT2D eigenvalue weighted by molar-refractivity contribution is 5.88. The maximum Gasteiger partial charge on any atom is 0.235 e. The molecule has 2 N–H and O–H groups in total. The van der Waals surface area contributed by atoms with E-state index in [1.54, 1.807) is 0 Å². The number of amides is 1. The summed E-state index contributed by atoms with van der Waals surface area (Å²) in [7, 11) is 2.11. The van der Waals surface area contributed by atoms with E-state index in [0.29, 0.717) is 13.2 Å². The van der Waals surface area contributed by atoms with Gasteiger partial charge in [0, 0.05) is 58.0 Å². The fraction of sp³-hybridized carbons (Fsp3) is 0.552. The minimum atomic E-state index is -0.764. The van der Waals surface area contributed by atoms with Gasteiger partial charge >= 0.3 is 0 Å². The smallest absolute Gasteiger partial charge is 0.235 e. The Bertz CT molecular complexity index is 1290. The van der Waals surface area contributed by atoms with Gasteiger partial charge in [0.25, 0.3) is 0 Å². The Morgan fingerprint density at radius 3 is 2.63 bits per heavy atom. The molecule has 1 aromatic carbocycles. The second kappa shape index (κ2) is 10.2. The first kappa shape index (κ1) is 25.1. The molecular formula is C29H39N7O2. The maximum absolute atomic E-state index is 14.4. The van der Waals surface area contributed by atoms with E-state index in [-0.39, 0.29) is 18.0 Å². The lowest BCUT2D eigenvalue weighted by Crippen LogP contribution is -2.56. The van der Waals surface area contributed by atoms with Crippen molar-refractivity contribution < 1.29 is 9.53 Å². The Hall–Kier alpha value is -3.17. The van der Waals surface area contributed by atoms with Gasteiger partial charge in [-0.05, 0) is 44.6 Å². The molecule has 9 nitrogen and oxygen atoms in total. The standard InChI is InChI=1S/C29H39N7O2/c1-29(21-10-4-3-5-11-21)20-38-15-9-8-13-33(2)27-17-25(34-18-22(30)19-34)31-26-16-23(32-36(26)27)24-12-6-7-14-35(24)28(29)37/h3-5,10-11,16-17,22,24H,6-9,12-15,18-20,30H2,1-2H3. The van der Waals surface area contributed by atoms with Crippen molar-refractivity contribution in [2.24, 2.45) is 5.73 Å². The molecule has 2 bridgehead atoms. The predicted octanol–water partition coefficient (Wildman–Crippen LogP) is 3.13. The van der Waals surface area contributed by atoms with Crippen molar-refractivity contribution in [3.8, 4) is 0 Å². The van der Waals surface area contributed by atoms with E-state index in [4.69, 9.17) is 20.6 Å². The molecule has 9 heteroatoms. The molecule has 1 amide bonds. The van der Waals surface area contributed by atoms with E-state index < -0.39 is 5.41 Å². The van der Waals surface area contributed by atoms with Crippen LogP contribution in [-0.2, 0) is 14.9 Å². The van der Waals surface area contributed by atoms with Crippen molar-refractivity contribution in [3.63, 3.8) is 0 Å². The normalized spacial score (nSPS) is 25.7. The van der Waals surface area contributed by atoms with Crippen LogP contribution in [0.1, 0.15) is 56.3 Å². The van der Waals surface area contributed by atoms with Crippen LogP contribution in [0.25, 0.3) is 5.65 Å². The quantitative estimate of drug-likeness (QED) is 0.558. The maximum atomic E-state index is 14.4. The monoisotopic (exact) mass is 517 g/mol. The number of piperidine rings is 1. The third-order valence-corrected chi connectivity index (χ3v) is 8.45. The van der Waals surface area contributed by atoms with Gasteiger partial charge in [-0.15, -0.1) is 0 Å². The van der Waals surface area contributed by atoms with Crippen LogP contribution in [0, 0.1) is 0 Å². The highest BCUT2D eigenvalue weighted by Crippen LogP contribution is 2.37. The number of nitrogens with two attached hydrogens (primary N) is 1. The number of benzene rings is 1. The van der Waals surface area contributed by atoms with E-state index in [9.17, 15) is 4.79 Å². The van der Waals surface area contributed by atoms with Gasteiger partial charge in [0.1, 0.15) is 11.6 Å². The number of carbonyl (C=O) groups excluding carboxylic acids is 1. The number of hydrogen-bond donors (Lipinski definition) is 1. The molecule has 202 valence electrons. The second-order valence-corrected chi connectivity index (χ2v) is 11.4. The molecule has 2 fully saturated rings. The molecule has 2 saturated heterocycles. The van der Waals surface area contributed by atoms with Gasteiger partial charge in [-0.3, -0.25) is 4.79 Å². The number of aromatic nitrogens is 3. The van der Waals surface area contributed by atoms with Crippen molar-refractivity contribution in [1.29, 1.82) is 0 Å². The molecule has 0 aliphatic carbocycles. The van der Waals surface area contributed by atoms with Crippen LogP contribution >= 0.6 is 0 Å². The lowest BCUT2D eigenvalue weighted by Gasteiger charge is -2.41. The average Bonchev–Trinajstić information content (AvgIpc) is 3.36. The Labute approximate surface area is 224 Å². The summed E-state index contributed by atoms with van der Waals surface area (Å²) in [4.78, 5) is 25.9. The summed E-state index contributed by atoms with van der Waals surface area (Å²) in [5.74, 6) is 2.06. The van der Waals surface area contributed by atoms with Gasteiger partial charge in [0.2, 0.25) is 5.91 Å². The van der Waals surface area contributed by atoms with Crippen molar-refractivity contribution in [1.82, 2.24) is 19.5 Å². The van der Waals surface area contributed by atoms with Gasteiger partial charge in [-0.2, -0.15) is 9.61 Å². The molecule has 3 aliphatic heterocycles. The molecular weight excluding hydrogens is 478 g/mol. The lowest BCUT2D eigenvalue weighted by molar-refractivity contribution is -0.143. The summed E-state index contributed by atoms with van der Waals surface area (Å²) >= 11 is 0. The highest BCUT2D eigenvalue weighted by Gasteiger charge is 2.43. The van der Waals surface area contributed by atoms with E-state index in [1.165, 1.54) is 0 Å². The summed E-state index contributed by atoms with van der Waals surface area (Å²) in [5, 5.41) is 5.10. The first-order valence-corrected chi connectivity index (χ1v) is 14.0. The van der Waals surface area contributed by atoms with Gasteiger partial charge in [0.05, 0.1) is 23.8 Å². The third kappa shape index (κ3) is 4.52. The Morgan fingerprint density at radius 2 is 1.84 bits per heavy atom. The Balaban J connectivity index is 1.44. The molecule has 2 aromatic heterocycles. The largest absolute Gasteiger partial charge is 0.380 e. The number of nitrogens with zero attached hydrogens (tertiary/aromatic N) is 6. The van der Waals surface area contributed by atoms with Crippen molar-refractivity contribution in [2.75, 3.05) is 56.2 Å². The first-order valence-electron chi connectivity index (χ1n) is 14.0.